The predicted octanol–water partition coefficient (Wildman–Crippen LogP) is 0.910. The molecule has 0 unspecified atom stereocenters. The van der Waals surface area contributed by atoms with Gasteiger partial charge in [-0.1, -0.05) is 0 Å². The molecule has 0 atom stereocenters. The third kappa shape index (κ3) is 4.90. The van der Waals surface area contributed by atoms with Gasteiger partial charge in [-0.05, 0) is 22.6 Å². The minimum absolute atomic E-state index is 0.0576. The van der Waals surface area contributed by atoms with Gasteiger partial charge in [-0.25, -0.2) is 18.4 Å². The van der Waals surface area contributed by atoms with Crippen molar-refractivity contribution in [1.82, 2.24) is 35.0 Å². The number of oxazole rings is 1. The van der Waals surface area contributed by atoms with E-state index in [1.807, 2.05) is 0 Å². The second kappa shape index (κ2) is 8.98. The zero-order valence-corrected chi connectivity index (χ0v) is 16.4. The van der Waals surface area contributed by atoms with Crippen LogP contribution in [-0.2, 0) is 22.6 Å². The topological polar surface area (TPSA) is 110 Å². The van der Waals surface area contributed by atoms with E-state index in [1.165, 1.54) is 23.3 Å². The van der Waals surface area contributed by atoms with Crippen LogP contribution in [0.1, 0.15) is 12.3 Å². The molecule has 1 aliphatic rings. The van der Waals surface area contributed by atoms with Crippen molar-refractivity contribution in [3.63, 3.8) is 0 Å². The van der Waals surface area contributed by atoms with Crippen LogP contribution in [0.2, 0.25) is 0 Å². The predicted molar refractivity (Wildman–Crippen MR) is 101 cm³/mol. The first-order valence-corrected chi connectivity index (χ1v) is 9.66. The Labute approximate surface area is 175 Å². The lowest BCUT2D eigenvalue weighted by atomic mass is 10.2. The lowest BCUT2D eigenvalue weighted by molar-refractivity contribution is -0.140. The van der Waals surface area contributed by atoms with E-state index in [1.54, 1.807) is 9.80 Å². The molecule has 3 aromatic rings. The molecule has 1 fully saturated rings. The molecule has 31 heavy (non-hydrogen) atoms. The van der Waals surface area contributed by atoms with Crippen molar-refractivity contribution in [2.24, 2.45) is 0 Å². The van der Waals surface area contributed by atoms with Crippen molar-refractivity contribution < 1.29 is 22.8 Å². The van der Waals surface area contributed by atoms with Crippen LogP contribution in [0, 0.1) is 11.6 Å². The number of hydrogen-bond acceptors (Lipinski definition) is 7. The molecule has 0 saturated carbocycles. The Hall–Kier alpha value is -3.70. The van der Waals surface area contributed by atoms with Gasteiger partial charge in [0.25, 0.3) is 0 Å². The van der Waals surface area contributed by atoms with Crippen molar-refractivity contribution in [1.29, 1.82) is 0 Å². The van der Waals surface area contributed by atoms with E-state index < -0.39 is 11.6 Å². The maximum absolute atomic E-state index is 13.9. The molecule has 12 heteroatoms. The monoisotopic (exact) mass is 431 g/mol. The SMILES string of the molecule is O=C(CCc1ncc(-c2ccc(F)cc2F)o1)N1CCN(C(=O)Cn2cnnn2)CC1. The van der Waals surface area contributed by atoms with Crippen molar-refractivity contribution in [2.75, 3.05) is 26.2 Å². The van der Waals surface area contributed by atoms with Gasteiger partial charge in [-0.15, -0.1) is 5.10 Å². The first kappa shape index (κ1) is 20.6. The number of tetrazole rings is 1. The van der Waals surface area contributed by atoms with Gasteiger partial charge in [0.1, 0.15) is 24.5 Å². The molecule has 2 amide bonds. The summed E-state index contributed by atoms with van der Waals surface area (Å²) >= 11 is 0. The number of amides is 2. The van der Waals surface area contributed by atoms with E-state index in [9.17, 15) is 18.4 Å². The standard InChI is InChI=1S/C19H19F2N7O3/c20-13-1-2-14(15(21)9-13)16-10-22-17(31-16)3-4-18(29)26-5-7-27(8-6-26)19(30)11-28-12-23-24-25-28/h1-2,9-10,12H,3-8,11H2. The summed E-state index contributed by atoms with van der Waals surface area (Å²) < 4.78 is 33.8. The Bertz CT molecular complexity index is 1060. The van der Waals surface area contributed by atoms with E-state index in [4.69, 9.17) is 4.42 Å². The van der Waals surface area contributed by atoms with Crippen LogP contribution in [0.3, 0.4) is 0 Å². The minimum Gasteiger partial charge on any atom is -0.441 e. The van der Waals surface area contributed by atoms with Gasteiger partial charge < -0.3 is 14.2 Å². The van der Waals surface area contributed by atoms with Gasteiger partial charge in [0.2, 0.25) is 11.8 Å². The highest BCUT2D eigenvalue weighted by atomic mass is 19.1. The van der Waals surface area contributed by atoms with E-state index in [2.05, 4.69) is 20.5 Å². The van der Waals surface area contributed by atoms with E-state index >= 15 is 0 Å². The molecular weight excluding hydrogens is 412 g/mol. The summed E-state index contributed by atoms with van der Waals surface area (Å²) in [6, 6.07) is 3.19. The molecule has 2 aromatic heterocycles. The summed E-state index contributed by atoms with van der Waals surface area (Å²) in [5.74, 6) is -1.15. The molecule has 0 N–H and O–H groups in total. The first-order chi connectivity index (χ1) is 15.0. The summed E-state index contributed by atoms with van der Waals surface area (Å²) in [6.45, 7) is 1.77. The van der Waals surface area contributed by atoms with Crippen LogP contribution >= 0.6 is 0 Å². The third-order valence-corrected chi connectivity index (χ3v) is 4.98. The van der Waals surface area contributed by atoms with E-state index in [-0.39, 0.29) is 42.5 Å². The van der Waals surface area contributed by atoms with Crippen molar-refractivity contribution >= 4 is 11.8 Å². The second-order valence-electron chi connectivity index (χ2n) is 7.01. The molecule has 1 aromatic carbocycles. The van der Waals surface area contributed by atoms with E-state index in [0.717, 1.165) is 12.1 Å². The molecule has 162 valence electrons. The van der Waals surface area contributed by atoms with Crippen LogP contribution in [-0.4, -0.2) is 73.0 Å². The Kier molecular flexibility index (Phi) is 5.96. The van der Waals surface area contributed by atoms with Crippen LogP contribution in [0.4, 0.5) is 8.78 Å². The number of carbonyl (C=O) groups excluding carboxylic acids is 2. The van der Waals surface area contributed by atoms with Crippen molar-refractivity contribution in [2.45, 2.75) is 19.4 Å². The number of rotatable bonds is 6. The van der Waals surface area contributed by atoms with Crippen molar-refractivity contribution in [3.8, 4) is 11.3 Å². The van der Waals surface area contributed by atoms with Gasteiger partial charge in [-0.2, -0.15) is 0 Å². The average Bonchev–Trinajstić information content (AvgIpc) is 3.44. The molecule has 0 bridgehead atoms. The van der Waals surface area contributed by atoms with Gasteiger partial charge in [0, 0.05) is 45.1 Å². The quantitative estimate of drug-likeness (QED) is 0.571. The van der Waals surface area contributed by atoms with Crippen LogP contribution in [0.5, 0.6) is 0 Å². The highest BCUT2D eigenvalue weighted by Gasteiger charge is 2.24. The average molecular weight is 431 g/mol. The number of piperazine rings is 1. The zero-order chi connectivity index (χ0) is 21.8. The second-order valence-corrected chi connectivity index (χ2v) is 7.01. The highest BCUT2D eigenvalue weighted by molar-refractivity contribution is 5.78. The van der Waals surface area contributed by atoms with Gasteiger partial charge in [0.15, 0.2) is 11.7 Å². The Balaban J connectivity index is 1.25. The number of benzene rings is 1. The van der Waals surface area contributed by atoms with E-state index in [0.29, 0.717) is 32.1 Å². The van der Waals surface area contributed by atoms with Crippen LogP contribution in [0.15, 0.2) is 35.1 Å². The number of carbonyl (C=O) groups is 2. The van der Waals surface area contributed by atoms with Gasteiger partial charge >= 0.3 is 0 Å². The van der Waals surface area contributed by atoms with Gasteiger partial charge in [-0.3, -0.25) is 9.59 Å². The zero-order valence-electron chi connectivity index (χ0n) is 16.4. The molecule has 4 rings (SSSR count). The number of aromatic nitrogens is 5. The van der Waals surface area contributed by atoms with Crippen LogP contribution in [0.25, 0.3) is 11.3 Å². The Morgan fingerprint density at radius 3 is 2.48 bits per heavy atom. The molecule has 0 aliphatic carbocycles. The minimum atomic E-state index is -0.744. The lowest BCUT2D eigenvalue weighted by Gasteiger charge is -2.34. The molecule has 0 radical (unpaired) electrons. The number of aryl methyl sites for hydroxylation is 1. The summed E-state index contributed by atoms with van der Waals surface area (Å²) in [5.41, 5.74) is 0.105. The molecule has 3 heterocycles. The maximum atomic E-state index is 13.9. The highest BCUT2D eigenvalue weighted by Crippen LogP contribution is 2.24. The number of hydrogen-bond donors (Lipinski definition) is 0. The smallest absolute Gasteiger partial charge is 0.244 e. The molecule has 1 saturated heterocycles. The first-order valence-electron chi connectivity index (χ1n) is 9.66. The maximum Gasteiger partial charge on any atom is 0.244 e. The fraction of sp³-hybridized carbons (Fsp3) is 0.368. The summed E-state index contributed by atoms with van der Waals surface area (Å²) in [6.07, 6.45) is 3.14. The number of halogens is 2. The fourth-order valence-corrected chi connectivity index (χ4v) is 3.31. The summed E-state index contributed by atoms with van der Waals surface area (Å²) in [5, 5.41) is 10.6. The third-order valence-electron chi connectivity index (χ3n) is 4.98. The van der Waals surface area contributed by atoms with Crippen LogP contribution < -0.4 is 0 Å². The Morgan fingerprint density at radius 1 is 1.06 bits per heavy atom. The lowest BCUT2D eigenvalue weighted by Crippen LogP contribution is -2.51. The molecule has 1 aliphatic heterocycles. The molecule has 0 spiro atoms. The summed E-state index contributed by atoms with van der Waals surface area (Å²) in [4.78, 5) is 32.2. The summed E-state index contributed by atoms with van der Waals surface area (Å²) in [7, 11) is 0. The fourth-order valence-electron chi connectivity index (χ4n) is 3.31. The largest absolute Gasteiger partial charge is 0.441 e. The molecule has 10 nitrogen and oxygen atoms in total. The Morgan fingerprint density at radius 2 is 1.81 bits per heavy atom. The molecular formula is C19H19F2N7O3. The normalized spacial score (nSPS) is 14.1. The van der Waals surface area contributed by atoms with Crippen molar-refractivity contribution in [3.05, 3.63) is 48.2 Å². The number of nitrogens with zero attached hydrogens (tertiary/aromatic N) is 7. The van der Waals surface area contributed by atoms with Gasteiger partial charge in [0.05, 0.1) is 11.8 Å².